The highest BCUT2D eigenvalue weighted by Crippen LogP contribution is 2.39. The van der Waals surface area contributed by atoms with Crippen LogP contribution in [0.3, 0.4) is 0 Å². The molecule has 0 spiro atoms. The molecule has 1 saturated heterocycles. The zero-order valence-electron chi connectivity index (χ0n) is 29.8. The summed E-state index contributed by atoms with van der Waals surface area (Å²) in [7, 11) is 0. The van der Waals surface area contributed by atoms with Crippen LogP contribution in [0.15, 0.2) is 48.8 Å². The first kappa shape index (κ1) is 36.6. The molecule has 3 aromatic heterocycles. The van der Waals surface area contributed by atoms with E-state index in [4.69, 9.17) is 19.2 Å². The van der Waals surface area contributed by atoms with Crippen LogP contribution in [0.2, 0.25) is 0 Å². The molecule has 2 aliphatic heterocycles. The molecular weight excluding hydrogens is 681 g/mol. The highest BCUT2D eigenvalue weighted by molar-refractivity contribution is 6.11. The number of hydrogen-bond donors (Lipinski definition) is 1. The van der Waals surface area contributed by atoms with E-state index in [1.165, 1.54) is 18.3 Å². The Morgan fingerprint density at radius 3 is 2.50 bits per heavy atom. The van der Waals surface area contributed by atoms with Gasteiger partial charge in [0, 0.05) is 30.4 Å². The summed E-state index contributed by atoms with van der Waals surface area (Å²) in [6.45, 7) is 9.74. The van der Waals surface area contributed by atoms with E-state index in [0.29, 0.717) is 53.5 Å². The third kappa shape index (κ3) is 7.98. The number of amides is 3. The fourth-order valence-electron chi connectivity index (χ4n) is 6.26. The number of halogens is 3. The molecule has 2 aliphatic rings. The zero-order chi connectivity index (χ0) is 37.5. The average Bonchev–Trinajstić information content (AvgIpc) is 3.79. The quantitative estimate of drug-likeness (QED) is 0.195. The summed E-state index contributed by atoms with van der Waals surface area (Å²) in [5, 5.41) is 3.20. The number of imidazole rings is 1. The van der Waals surface area contributed by atoms with E-state index in [-0.39, 0.29) is 30.4 Å². The molecule has 1 aromatic carbocycles. The van der Waals surface area contributed by atoms with E-state index in [0.717, 1.165) is 15.4 Å². The number of nitrogens with one attached hydrogen (secondary N) is 1. The highest BCUT2D eigenvalue weighted by Gasteiger charge is 2.39. The summed E-state index contributed by atoms with van der Waals surface area (Å²) in [5.74, 6) is -0.874. The van der Waals surface area contributed by atoms with Gasteiger partial charge in [0.2, 0.25) is 0 Å². The number of imide groups is 1. The van der Waals surface area contributed by atoms with Gasteiger partial charge in [0.15, 0.2) is 0 Å². The Hall–Kier alpha value is -5.18. The van der Waals surface area contributed by atoms with E-state index in [9.17, 15) is 27.6 Å². The number of anilines is 2. The normalized spacial score (nSPS) is 16.1. The fourth-order valence-corrected chi connectivity index (χ4v) is 6.26. The summed E-state index contributed by atoms with van der Waals surface area (Å²) in [6, 6.07) is 9.51. The van der Waals surface area contributed by atoms with Crippen molar-refractivity contribution in [2.75, 3.05) is 25.1 Å². The number of alkyl halides is 2. The van der Waals surface area contributed by atoms with Crippen LogP contribution in [-0.2, 0) is 27.3 Å². The second-order valence-corrected chi connectivity index (χ2v) is 14.8. The number of benzene rings is 1. The molecule has 3 amide bonds. The number of carbonyl (C=O) groups excluding carboxylic acids is 3. The minimum Gasteiger partial charge on any atom is -0.444 e. The largest absolute Gasteiger partial charge is 0.444 e. The van der Waals surface area contributed by atoms with Crippen molar-refractivity contribution in [3.05, 3.63) is 77.0 Å². The van der Waals surface area contributed by atoms with Crippen molar-refractivity contribution in [2.24, 2.45) is 0 Å². The van der Waals surface area contributed by atoms with Gasteiger partial charge in [0.05, 0.1) is 55.1 Å². The topological polar surface area (TPSA) is 128 Å². The summed E-state index contributed by atoms with van der Waals surface area (Å²) >= 11 is 0. The number of fused-ring (bicyclic) bond motifs is 2. The van der Waals surface area contributed by atoms with E-state index >= 15 is 0 Å². The van der Waals surface area contributed by atoms with Crippen molar-refractivity contribution in [1.82, 2.24) is 24.2 Å². The van der Waals surface area contributed by atoms with Crippen LogP contribution in [0.5, 0.6) is 0 Å². The van der Waals surface area contributed by atoms with E-state index in [2.05, 4.69) is 10.3 Å². The highest BCUT2D eigenvalue weighted by atomic mass is 19.3. The van der Waals surface area contributed by atoms with Gasteiger partial charge >= 0.3 is 12.2 Å². The molecular formula is C37H41F3N6O6. The Kier molecular flexibility index (Phi) is 9.92. The van der Waals surface area contributed by atoms with Gasteiger partial charge in [0.1, 0.15) is 28.5 Å². The summed E-state index contributed by atoms with van der Waals surface area (Å²) in [5.41, 5.74) is 1.84. The predicted molar refractivity (Wildman–Crippen MR) is 185 cm³/mol. The first-order valence-corrected chi connectivity index (χ1v) is 16.9. The van der Waals surface area contributed by atoms with Crippen LogP contribution >= 0.6 is 0 Å². The molecule has 0 bridgehead atoms. The minimum atomic E-state index is -2.82. The van der Waals surface area contributed by atoms with E-state index < -0.39 is 48.1 Å². The second kappa shape index (κ2) is 14.1. The lowest BCUT2D eigenvalue weighted by Crippen LogP contribution is -2.39. The van der Waals surface area contributed by atoms with E-state index in [1.807, 2.05) is 0 Å². The van der Waals surface area contributed by atoms with Gasteiger partial charge in [-0.2, -0.15) is 0 Å². The van der Waals surface area contributed by atoms with Crippen molar-refractivity contribution >= 4 is 35.2 Å². The van der Waals surface area contributed by atoms with Crippen molar-refractivity contribution in [3.8, 4) is 11.3 Å². The molecule has 12 nitrogen and oxygen atoms in total. The maximum Gasteiger partial charge on any atom is 0.417 e. The summed E-state index contributed by atoms with van der Waals surface area (Å²) in [6.07, 6.45) is -0.770. The lowest BCUT2D eigenvalue weighted by Gasteiger charge is -2.28. The first-order chi connectivity index (χ1) is 24.5. The molecule has 15 heteroatoms. The maximum absolute atomic E-state index is 14.0. The first-order valence-electron chi connectivity index (χ1n) is 16.9. The minimum absolute atomic E-state index is 0.0740. The molecule has 4 aromatic rings. The second-order valence-electron chi connectivity index (χ2n) is 14.8. The Balaban J connectivity index is 1.41. The van der Waals surface area contributed by atoms with Crippen LogP contribution < -0.4 is 5.32 Å². The van der Waals surface area contributed by atoms with Crippen LogP contribution in [-0.4, -0.2) is 79.6 Å². The molecule has 276 valence electrons. The van der Waals surface area contributed by atoms with E-state index in [1.54, 1.807) is 76.4 Å². The van der Waals surface area contributed by atoms with Gasteiger partial charge in [-0.3, -0.25) is 14.1 Å². The lowest BCUT2D eigenvalue weighted by molar-refractivity contribution is 0.00777. The Morgan fingerprint density at radius 1 is 1.08 bits per heavy atom. The molecule has 52 heavy (non-hydrogen) atoms. The molecule has 1 atom stereocenters. The van der Waals surface area contributed by atoms with Crippen molar-refractivity contribution in [2.45, 2.75) is 84.6 Å². The van der Waals surface area contributed by atoms with Gasteiger partial charge < -0.3 is 19.5 Å². The van der Waals surface area contributed by atoms with Gasteiger partial charge in [-0.25, -0.2) is 37.6 Å². The van der Waals surface area contributed by atoms with Crippen LogP contribution in [0.1, 0.15) is 81.1 Å². The predicted octanol–water partition coefficient (Wildman–Crippen LogP) is 7.68. The number of pyridine rings is 2. The number of carbonyl (C=O) groups is 3. The fraction of sp³-hybridized carbons (Fsp3) is 0.432. The Morgan fingerprint density at radius 2 is 1.83 bits per heavy atom. The number of nitrogens with zero attached hydrogens (tertiary/aromatic N) is 5. The standard InChI is InChI=1S/C37H41F3N6O6/c1-36(2,3)51-34(48)44(19-29(39)40)18-27-23(21-12-14-50-20-21)8-10-30(43-27)42-26-9-7-24(28-16-41-31-15-22(38)11-13-45(28)31)25-17-46(33(47)32(25)26)35(49)52-37(4,5)6/h7-11,13,15-16,21,29H,12,14,17-20H2,1-6H3,(H,42,43). The number of ether oxygens (including phenoxy) is 3. The third-order valence-electron chi connectivity index (χ3n) is 8.45. The Bertz CT molecular complexity index is 2020. The average molecular weight is 723 g/mol. The number of hydrogen-bond acceptors (Lipinski definition) is 9. The van der Waals surface area contributed by atoms with Gasteiger partial charge in [0.25, 0.3) is 12.3 Å². The SMILES string of the molecule is CC(C)(C)OC(=O)N(Cc1nc(Nc2ccc(-c3cnc4cc(F)ccn34)c3c2C(=O)N(C(=O)OC(C)(C)C)C3)ccc1C1CCOC1)CC(F)F. The van der Waals surface area contributed by atoms with Crippen molar-refractivity contribution in [1.29, 1.82) is 0 Å². The monoisotopic (exact) mass is 722 g/mol. The number of aromatic nitrogens is 3. The van der Waals surface area contributed by atoms with Gasteiger partial charge in [-0.1, -0.05) is 12.1 Å². The molecule has 5 heterocycles. The molecule has 1 fully saturated rings. The third-order valence-corrected chi connectivity index (χ3v) is 8.45. The molecule has 1 unspecified atom stereocenters. The van der Waals surface area contributed by atoms with Crippen LogP contribution in [0, 0.1) is 5.82 Å². The molecule has 0 aliphatic carbocycles. The smallest absolute Gasteiger partial charge is 0.417 e. The number of rotatable bonds is 8. The molecule has 6 rings (SSSR count). The summed E-state index contributed by atoms with van der Waals surface area (Å²) < 4.78 is 59.7. The maximum atomic E-state index is 14.0. The zero-order valence-corrected chi connectivity index (χ0v) is 29.8. The van der Waals surface area contributed by atoms with Gasteiger partial charge in [-0.05, 0) is 77.3 Å². The van der Waals surface area contributed by atoms with Crippen molar-refractivity contribution < 1.29 is 41.8 Å². The Labute approximate surface area is 298 Å². The van der Waals surface area contributed by atoms with Crippen LogP contribution in [0.25, 0.3) is 16.9 Å². The summed E-state index contributed by atoms with van der Waals surface area (Å²) in [4.78, 5) is 51.4. The van der Waals surface area contributed by atoms with Crippen LogP contribution in [0.4, 0.5) is 34.3 Å². The lowest BCUT2D eigenvalue weighted by atomic mass is 9.96. The molecule has 1 N–H and O–H groups in total. The van der Waals surface area contributed by atoms with Crippen molar-refractivity contribution in [3.63, 3.8) is 0 Å². The van der Waals surface area contributed by atoms with Gasteiger partial charge in [-0.15, -0.1) is 0 Å². The molecule has 0 saturated carbocycles. The molecule has 0 radical (unpaired) electrons.